The molecule has 0 saturated carbocycles. The molecule has 0 aliphatic heterocycles. The molecule has 2 aromatic carbocycles. The van der Waals surface area contributed by atoms with Crippen LogP contribution in [0.4, 0.5) is 0 Å². The van der Waals surface area contributed by atoms with Gasteiger partial charge in [0.05, 0.1) is 11.1 Å². The van der Waals surface area contributed by atoms with Crippen molar-refractivity contribution < 1.29 is 30.0 Å². The molecule has 0 aliphatic rings. The largest absolute Gasteiger partial charge is 0.504 e. The maximum Gasteiger partial charge on any atom is 0.336 e. The fraction of sp³-hybridized carbons (Fsp3) is 0. The Bertz CT molecular complexity index is 674. The van der Waals surface area contributed by atoms with Crippen LogP contribution < -0.4 is 0 Å². The summed E-state index contributed by atoms with van der Waals surface area (Å²) in [7, 11) is 0. The van der Waals surface area contributed by atoms with Crippen LogP contribution in [0.5, 0.6) is 11.5 Å². The van der Waals surface area contributed by atoms with E-state index in [1.165, 1.54) is 12.1 Å². The number of phenolic OH excluding ortho intramolecular Hbond substituents is 2. The maximum atomic E-state index is 11.0. The number of hydrogen-bond acceptors (Lipinski definition) is 4. The highest BCUT2D eigenvalue weighted by atomic mass is 16.4. The molecule has 0 atom stereocenters. The topological polar surface area (TPSA) is 115 Å². The monoisotopic (exact) mass is 248 g/mol. The molecule has 0 radical (unpaired) electrons. The number of hydrogen-bond donors (Lipinski definition) is 4. The quantitative estimate of drug-likeness (QED) is 0.600. The summed E-state index contributed by atoms with van der Waals surface area (Å²) < 4.78 is 0. The molecule has 0 aliphatic carbocycles. The Kier molecular flexibility index (Phi) is 2.55. The molecule has 0 heterocycles. The second kappa shape index (κ2) is 3.92. The Morgan fingerprint density at radius 1 is 0.889 bits per heavy atom. The van der Waals surface area contributed by atoms with E-state index in [1.807, 2.05) is 0 Å². The molecular formula is C12H8O6. The first kappa shape index (κ1) is 11.7. The van der Waals surface area contributed by atoms with Gasteiger partial charge in [0.25, 0.3) is 0 Å². The third-order valence-electron chi connectivity index (χ3n) is 2.57. The van der Waals surface area contributed by atoms with Gasteiger partial charge < -0.3 is 20.4 Å². The molecule has 2 rings (SSSR count). The van der Waals surface area contributed by atoms with Gasteiger partial charge in [0.1, 0.15) is 0 Å². The van der Waals surface area contributed by atoms with Gasteiger partial charge in [-0.2, -0.15) is 0 Å². The Balaban J connectivity index is 2.89. The van der Waals surface area contributed by atoms with Crippen molar-refractivity contribution in [2.45, 2.75) is 0 Å². The van der Waals surface area contributed by atoms with Gasteiger partial charge in [-0.1, -0.05) is 6.07 Å². The number of aromatic carboxylic acids is 2. The predicted octanol–water partition coefficient (Wildman–Crippen LogP) is 1.65. The zero-order valence-electron chi connectivity index (χ0n) is 8.91. The Labute approximate surface area is 100 Å². The van der Waals surface area contributed by atoms with Crippen LogP contribution in [-0.4, -0.2) is 32.4 Å². The van der Waals surface area contributed by atoms with Gasteiger partial charge in [0.2, 0.25) is 0 Å². The van der Waals surface area contributed by atoms with Crippen molar-refractivity contribution in [3.63, 3.8) is 0 Å². The van der Waals surface area contributed by atoms with Crippen molar-refractivity contribution >= 4 is 22.7 Å². The molecule has 0 bridgehead atoms. The highest BCUT2D eigenvalue weighted by Crippen LogP contribution is 2.35. The van der Waals surface area contributed by atoms with Crippen LogP contribution in [0.15, 0.2) is 24.3 Å². The number of carbonyl (C=O) groups is 2. The van der Waals surface area contributed by atoms with Crippen LogP contribution in [-0.2, 0) is 0 Å². The average molecular weight is 248 g/mol. The molecular weight excluding hydrogens is 240 g/mol. The van der Waals surface area contributed by atoms with E-state index in [0.717, 1.165) is 12.1 Å². The summed E-state index contributed by atoms with van der Waals surface area (Å²) in [5.74, 6) is -3.67. The molecule has 18 heavy (non-hydrogen) atoms. The minimum Gasteiger partial charge on any atom is -0.504 e. The molecule has 6 nitrogen and oxygen atoms in total. The Morgan fingerprint density at radius 3 is 2.00 bits per heavy atom. The standard InChI is InChI=1S/C12H8O6/c13-9-2-1-5-3-7(11(15)16)8(12(17)18)4-6(5)10(9)14/h1-4,13-14H,(H,15,16)(H,17,18). The van der Waals surface area contributed by atoms with Crippen LogP contribution in [0.3, 0.4) is 0 Å². The van der Waals surface area contributed by atoms with E-state index in [1.54, 1.807) is 0 Å². The normalized spacial score (nSPS) is 10.4. The molecule has 2 aromatic rings. The van der Waals surface area contributed by atoms with Crippen molar-refractivity contribution in [2.75, 3.05) is 0 Å². The molecule has 0 amide bonds. The van der Waals surface area contributed by atoms with Crippen molar-refractivity contribution in [3.05, 3.63) is 35.4 Å². The summed E-state index contributed by atoms with van der Waals surface area (Å²) in [6.45, 7) is 0. The van der Waals surface area contributed by atoms with Crippen LogP contribution in [0.1, 0.15) is 20.7 Å². The molecule has 0 aromatic heterocycles. The summed E-state index contributed by atoms with van der Waals surface area (Å²) in [4.78, 5) is 21.9. The van der Waals surface area contributed by atoms with Gasteiger partial charge in [-0.15, -0.1) is 0 Å². The SMILES string of the molecule is O=C(O)c1cc2ccc(O)c(O)c2cc1C(=O)O. The number of aromatic hydroxyl groups is 2. The summed E-state index contributed by atoms with van der Waals surface area (Å²) in [6.07, 6.45) is 0. The average Bonchev–Trinajstić information content (AvgIpc) is 2.32. The summed E-state index contributed by atoms with van der Waals surface area (Å²) in [6, 6.07) is 4.75. The lowest BCUT2D eigenvalue weighted by Crippen LogP contribution is -2.07. The zero-order chi connectivity index (χ0) is 13.4. The number of fused-ring (bicyclic) bond motifs is 1. The number of benzene rings is 2. The first-order chi connectivity index (χ1) is 8.41. The van der Waals surface area contributed by atoms with Gasteiger partial charge in [-0.05, 0) is 23.6 Å². The summed E-state index contributed by atoms with van der Waals surface area (Å²) >= 11 is 0. The molecule has 0 unspecified atom stereocenters. The van der Waals surface area contributed by atoms with Crippen LogP contribution >= 0.6 is 0 Å². The molecule has 0 spiro atoms. The van der Waals surface area contributed by atoms with E-state index in [2.05, 4.69) is 0 Å². The maximum absolute atomic E-state index is 11.0. The van der Waals surface area contributed by atoms with Crippen LogP contribution in [0, 0.1) is 0 Å². The van der Waals surface area contributed by atoms with E-state index in [-0.39, 0.29) is 10.9 Å². The number of rotatable bonds is 2. The second-order valence-electron chi connectivity index (χ2n) is 3.66. The van der Waals surface area contributed by atoms with Crippen molar-refractivity contribution in [1.29, 1.82) is 0 Å². The fourth-order valence-electron chi connectivity index (χ4n) is 1.70. The minimum atomic E-state index is -1.42. The first-order valence-electron chi connectivity index (χ1n) is 4.87. The lowest BCUT2D eigenvalue weighted by molar-refractivity contribution is 0.0652. The highest BCUT2D eigenvalue weighted by molar-refractivity contribution is 6.07. The van der Waals surface area contributed by atoms with Gasteiger partial charge in [0, 0.05) is 5.39 Å². The van der Waals surface area contributed by atoms with Gasteiger partial charge >= 0.3 is 11.9 Å². The second-order valence-corrected chi connectivity index (χ2v) is 3.66. The number of carboxylic acids is 2. The third-order valence-corrected chi connectivity index (χ3v) is 2.57. The van der Waals surface area contributed by atoms with E-state index < -0.39 is 29.0 Å². The van der Waals surface area contributed by atoms with Crippen LogP contribution in [0.2, 0.25) is 0 Å². The van der Waals surface area contributed by atoms with Gasteiger partial charge in [-0.25, -0.2) is 9.59 Å². The third kappa shape index (κ3) is 1.69. The van der Waals surface area contributed by atoms with Crippen molar-refractivity contribution in [1.82, 2.24) is 0 Å². The fourth-order valence-corrected chi connectivity index (χ4v) is 1.70. The van der Waals surface area contributed by atoms with Crippen molar-refractivity contribution in [2.24, 2.45) is 0 Å². The number of phenols is 2. The van der Waals surface area contributed by atoms with Gasteiger partial charge in [0.15, 0.2) is 11.5 Å². The predicted molar refractivity (Wildman–Crippen MR) is 61.2 cm³/mol. The van der Waals surface area contributed by atoms with Crippen molar-refractivity contribution in [3.8, 4) is 11.5 Å². The summed E-state index contributed by atoms with van der Waals surface area (Å²) in [5, 5.41) is 37.2. The van der Waals surface area contributed by atoms with E-state index in [4.69, 9.17) is 10.2 Å². The Morgan fingerprint density at radius 2 is 1.44 bits per heavy atom. The molecule has 6 heteroatoms. The molecule has 92 valence electrons. The zero-order valence-corrected chi connectivity index (χ0v) is 8.91. The van der Waals surface area contributed by atoms with E-state index >= 15 is 0 Å². The molecule has 0 fully saturated rings. The highest BCUT2D eigenvalue weighted by Gasteiger charge is 2.18. The Hall–Kier alpha value is -2.76. The smallest absolute Gasteiger partial charge is 0.336 e. The first-order valence-corrected chi connectivity index (χ1v) is 4.87. The lowest BCUT2D eigenvalue weighted by Gasteiger charge is -2.07. The van der Waals surface area contributed by atoms with Crippen LogP contribution in [0.25, 0.3) is 10.8 Å². The molecule has 4 N–H and O–H groups in total. The van der Waals surface area contributed by atoms with Gasteiger partial charge in [-0.3, -0.25) is 0 Å². The van der Waals surface area contributed by atoms with E-state index in [0.29, 0.717) is 5.39 Å². The number of carboxylic acid groups (broad SMARTS) is 2. The minimum absolute atomic E-state index is 0.0809. The molecule has 0 saturated heterocycles. The van der Waals surface area contributed by atoms with E-state index in [9.17, 15) is 19.8 Å². The lowest BCUT2D eigenvalue weighted by atomic mass is 10.00. The summed E-state index contributed by atoms with van der Waals surface area (Å²) in [5.41, 5.74) is -0.823.